The van der Waals surface area contributed by atoms with Crippen molar-refractivity contribution in [3.63, 3.8) is 0 Å². The number of aromatic nitrogens is 1. The quantitative estimate of drug-likeness (QED) is 0.672. The third kappa shape index (κ3) is 4.83. The minimum absolute atomic E-state index is 0.140. The van der Waals surface area contributed by atoms with Gasteiger partial charge in [-0.15, -0.1) is 0 Å². The molecule has 0 fully saturated rings. The molecule has 0 aliphatic rings. The Morgan fingerprint density at radius 2 is 2.08 bits per heavy atom. The monoisotopic (exact) mass is 353 g/mol. The lowest BCUT2D eigenvalue weighted by Crippen LogP contribution is -2.34. The maximum absolute atomic E-state index is 12.6. The summed E-state index contributed by atoms with van der Waals surface area (Å²) in [7, 11) is 0. The average molecular weight is 353 g/mol. The molecule has 3 aromatic heterocycles. The van der Waals surface area contributed by atoms with Crippen molar-refractivity contribution in [3.05, 3.63) is 78.4 Å². The molecule has 0 saturated carbocycles. The molecule has 0 unspecified atom stereocenters. The summed E-state index contributed by atoms with van der Waals surface area (Å²) in [5.41, 5.74) is 1.36. The van der Waals surface area contributed by atoms with Crippen molar-refractivity contribution in [1.82, 2.24) is 15.2 Å². The number of hydrogen-bond acceptors (Lipinski definition) is 5. The van der Waals surface area contributed by atoms with Gasteiger partial charge in [0, 0.05) is 31.9 Å². The van der Waals surface area contributed by atoms with Crippen LogP contribution in [0.5, 0.6) is 0 Å². The number of furan rings is 2. The van der Waals surface area contributed by atoms with E-state index in [2.05, 4.69) is 10.3 Å². The average Bonchev–Trinajstić information content (AvgIpc) is 3.37. The SMILES string of the molecule is O=C(CCN(Cc1ccco1)C(=O)c1ccoc1)NCc1cccnc1. The van der Waals surface area contributed by atoms with Crippen LogP contribution in [0.25, 0.3) is 0 Å². The number of carbonyl (C=O) groups is 2. The number of rotatable bonds is 8. The van der Waals surface area contributed by atoms with Crippen LogP contribution < -0.4 is 5.32 Å². The largest absolute Gasteiger partial charge is 0.472 e. The molecule has 0 saturated heterocycles. The molecule has 134 valence electrons. The number of hydrogen-bond donors (Lipinski definition) is 1. The smallest absolute Gasteiger partial charge is 0.257 e. The normalized spacial score (nSPS) is 10.5. The van der Waals surface area contributed by atoms with E-state index in [0.717, 1.165) is 5.56 Å². The number of amides is 2. The van der Waals surface area contributed by atoms with Gasteiger partial charge in [0.25, 0.3) is 5.91 Å². The molecule has 7 nitrogen and oxygen atoms in total. The molecule has 0 aromatic carbocycles. The van der Waals surface area contributed by atoms with E-state index in [1.165, 1.54) is 12.5 Å². The van der Waals surface area contributed by atoms with E-state index < -0.39 is 0 Å². The van der Waals surface area contributed by atoms with E-state index in [1.54, 1.807) is 41.8 Å². The van der Waals surface area contributed by atoms with Crippen LogP contribution in [0, 0.1) is 0 Å². The zero-order valence-electron chi connectivity index (χ0n) is 14.1. The third-order valence-electron chi connectivity index (χ3n) is 3.80. The zero-order chi connectivity index (χ0) is 18.2. The number of carbonyl (C=O) groups excluding carboxylic acids is 2. The molecule has 0 aliphatic carbocycles. The van der Waals surface area contributed by atoms with Gasteiger partial charge in [0.15, 0.2) is 0 Å². The van der Waals surface area contributed by atoms with E-state index in [-0.39, 0.29) is 31.3 Å². The Labute approximate surface area is 150 Å². The van der Waals surface area contributed by atoms with Crippen molar-refractivity contribution in [1.29, 1.82) is 0 Å². The van der Waals surface area contributed by atoms with Gasteiger partial charge >= 0.3 is 0 Å². The third-order valence-corrected chi connectivity index (χ3v) is 3.80. The lowest BCUT2D eigenvalue weighted by Gasteiger charge is -2.20. The molecular formula is C19H19N3O4. The summed E-state index contributed by atoms with van der Waals surface area (Å²) in [4.78, 5) is 30.3. The lowest BCUT2D eigenvalue weighted by atomic mass is 10.2. The first-order valence-corrected chi connectivity index (χ1v) is 8.22. The van der Waals surface area contributed by atoms with Crippen molar-refractivity contribution >= 4 is 11.8 Å². The topological polar surface area (TPSA) is 88.6 Å². The van der Waals surface area contributed by atoms with Gasteiger partial charge in [-0.3, -0.25) is 14.6 Å². The van der Waals surface area contributed by atoms with Crippen LogP contribution in [0.3, 0.4) is 0 Å². The van der Waals surface area contributed by atoms with Crippen LogP contribution in [-0.4, -0.2) is 28.2 Å². The first-order chi connectivity index (χ1) is 12.7. The van der Waals surface area contributed by atoms with Gasteiger partial charge in [-0.1, -0.05) is 6.07 Å². The van der Waals surface area contributed by atoms with E-state index >= 15 is 0 Å². The minimum atomic E-state index is -0.213. The zero-order valence-corrected chi connectivity index (χ0v) is 14.1. The highest BCUT2D eigenvalue weighted by Crippen LogP contribution is 2.12. The van der Waals surface area contributed by atoms with Crippen LogP contribution in [0.15, 0.2) is 70.3 Å². The molecule has 0 aliphatic heterocycles. The fraction of sp³-hybridized carbons (Fsp3) is 0.211. The molecule has 0 spiro atoms. The summed E-state index contributed by atoms with van der Waals surface area (Å²) in [6, 6.07) is 8.85. The van der Waals surface area contributed by atoms with E-state index in [0.29, 0.717) is 17.9 Å². The van der Waals surface area contributed by atoms with Crippen LogP contribution in [0.1, 0.15) is 28.1 Å². The van der Waals surface area contributed by atoms with Gasteiger partial charge in [-0.25, -0.2) is 0 Å². The Kier molecular flexibility index (Phi) is 5.82. The molecule has 2 amide bonds. The lowest BCUT2D eigenvalue weighted by molar-refractivity contribution is -0.121. The summed E-state index contributed by atoms with van der Waals surface area (Å²) < 4.78 is 10.3. The van der Waals surface area contributed by atoms with Crippen LogP contribution in [0.2, 0.25) is 0 Å². The fourth-order valence-corrected chi connectivity index (χ4v) is 2.44. The van der Waals surface area contributed by atoms with E-state index in [4.69, 9.17) is 8.83 Å². The van der Waals surface area contributed by atoms with Gasteiger partial charge < -0.3 is 19.1 Å². The highest BCUT2D eigenvalue weighted by molar-refractivity contribution is 5.94. The maximum atomic E-state index is 12.6. The van der Waals surface area contributed by atoms with Crippen molar-refractivity contribution in [2.24, 2.45) is 0 Å². The Balaban J connectivity index is 1.56. The number of nitrogens with zero attached hydrogens (tertiary/aromatic N) is 2. The molecule has 26 heavy (non-hydrogen) atoms. The second kappa shape index (κ2) is 8.66. The molecular weight excluding hydrogens is 334 g/mol. The molecule has 0 bridgehead atoms. The maximum Gasteiger partial charge on any atom is 0.257 e. The standard InChI is InChI=1S/C19H19N3O4/c23-18(21-12-15-3-1-7-20-11-15)5-8-22(13-17-4-2-9-26-17)19(24)16-6-10-25-14-16/h1-4,6-7,9-11,14H,5,8,12-13H2,(H,21,23). The predicted molar refractivity (Wildman–Crippen MR) is 92.9 cm³/mol. The Hall–Kier alpha value is -3.35. The number of nitrogens with one attached hydrogen (secondary N) is 1. The molecule has 0 radical (unpaired) electrons. The van der Waals surface area contributed by atoms with Gasteiger partial charge in [0.1, 0.15) is 12.0 Å². The molecule has 3 aromatic rings. The molecule has 1 N–H and O–H groups in total. The second-order valence-electron chi connectivity index (χ2n) is 5.71. The highest BCUT2D eigenvalue weighted by Gasteiger charge is 2.19. The van der Waals surface area contributed by atoms with Gasteiger partial charge in [0.05, 0.1) is 24.6 Å². The Morgan fingerprint density at radius 1 is 1.15 bits per heavy atom. The van der Waals surface area contributed by atoms with Crippen LogP contribution >= 0.6 is 0 Å². The first-order valence-electron chi connectivity index (χ1n) is 8.22. The summed E-state index contributed by atoms with van der Waals surface area (Å²) in [6.07, 6.45) is 7.95. The molecule has 3 rings (SSSR count). The summed E-state index contributed by atoms with van der Waals surface area (Å²) in [6.45, 7) is 0.955. The van der Waals surface area contributed by atoms with Crippen molar-refractivity contribution < 1.29 is 18.4 Å². The number of pyridine rings is 1. The van der Waals surface area contributed by atoms with Crippen molar-refractivity contribution in [2.45, 2.75) is 19.5 Å². The van der Waals surface area contributed by atoms with Crippen LogP contribution in [0.4, 0.5) is 0 Å². The molecule has 7 heteroatoms. The minimum Gasteiger partial charge on any atom is -0.472 e. The van der Waals surface area contributed by atoms with E-state index in [1.807, 2.05) is 12.1 Å². The molecule has 3 heterocycles. The van der Waals surface area contributed by atoms with Gasteiger partial charge in [-0.05, 0) is 29.8 Å². The van der Waals surface area contributed by atoms with E-state index in [9.17, 15) is 9.59 Å². The summed E-state index contributed by atoms with van der Waals surface area (Å²) in [5.74, 6) is 0.297. The Bertz CT molecular complexity index is 814. The summed E-state index contributed by atoms with van der Waals surface area (Å²) in [5, 5.41) is 2.83. The Morgan fingerprint density at radius 3 is 2.77 bits per heavy atom. The predicted octanol–water partition coefficient (Wildman–Crippen LogP) is 2.62. The van der Waals surface area contributed by atoms with Crippen LogP contribution in [-0.2, 0) is 17.9 Å². The summed E-state index contributed by atoms with van der Waals surface area (Å²) >= 11 is 0. The van der Waals surface area contributed by atoms with Crippen molar-refractivity contribution in [3.8, 4) is 0 Å². The fourth-order valence-electron chi connectivity index (χ4n) is 2.44. The van der Waals surface area contributed by atoms with Crippen molar-refractivity contribution in [2.75, 3.05) is 6.54 Å². The second-order valence-corrected chi connectivity index (χ2v) is 5.71. The van der Waals surface area contributed by atoms with Gasteiger partial charge in [0.2, 0.25) is 5.91 Å². The first kappa shape index (κ1) is 17.5. The van der Waals surface area contributed by atoms with Gasteiger partial charge in [-0.2, -0.15) is 0 Å². The highest BCUT2D eigenvalue weighted by atomic mass is 16.3. The molecule has 0 atom stereocenters.